The van der Waals surface area contributed by atoms with Crippen molar-refractivity contribution in [3.8, 4) is 0 Å². The average molecular weight is 373 g/mol. The van der Waals surface area contributed by atoms with E-state index in [0.29, 0.717) is 25.2 Å². The lowest BCUT2D eigenvalue weighted by atomic mass is 10.2. The second kappa shape index (κ2) is 7.97. The highest BCUT2D eigenvalue weighted by atomic mass is 32.2. The fraction of sp³-hybridized carbons (Fsp3) is 0.368. The average Bonchev–Trinajstić information content (AvgIpc) is 2.69. The summed E-state index contributed by atoms with van der Waals surface area (Å²) in [5, 5.41) is 0. The van der Waals surface area contributed by atoms with Gasteiger partial charge in [0, 0.05) is 44.6 Å². The van der Waals surface area contributed by atoms with Crippen LogP contribution in [0.5, 0.6) is 0 Å². The van der Waals surface area contributed by atoms with Gasteiger partial charge < -0.3 is 4.90 Å². The van der Waals surface area contributed by atoms with Gasteiger partial charge in [0.2, 0.25) is 10.0 Å². The van der Waals surface area contributed by atoms with E-state index in [-0.39, 0.29) is 10.8 Å². The van der Waals surface area contributed by atoms with Crippen molar-refractivity contribution < 1.29 is 13.2 Å². The van der Waals surface area contributed by atoms with E-state index in [4.69, 9.17) is 0 Å². The molecular weight excluding hydrogens is 350 g/mol. The molecule has 26 heavy (non-hydrogen) atoms. The molecule has 0 radical (unpaired) electrons. The molecule has 1 amide bonds. The maximum atomic E-state index is 12.8. The minimum atomic E-state index is -3.55. The highest BCUT2D eigenvalue weighted by Crippen LogP contribution is 2.22. The van der Waals surface area contributed by atoms with Gasteiger partial charge in [0.05, 0.1) is 4.90 Å². The maximum Gasteiger partial charge on any atom is 0.253 e. The Morgan fingerprint density at radius 3 is 2.62 bits per heavy atom. The van der Waals surface area contributed by atoms with Crippen LogP contribution in [-0.4, -0.2) is 48.7 Å². The van der Waals surface area contributed by atoms with Gasteiger partial charge in [0.1, 0.15) is 0 Å². The number of rotatable bonds is 5. The molecule has 0 bridgehead atoms. The summed E-state index contributed by atoms with van der Waals surface area (Å²) >= 11 is 0. The largest absolute Gasteiger partial charge is 0.337 e. The van der Waals surface area contributed by atoms with E-state index < -0.39 is 10.0 Å². The molecule has 1 aromatic carbocycles. The molecule has 1 aliphatic rings. The Bertz CT molecular complexity index is 863. The number of nitrogens with zero attached hydrogens (tertiary/aromatic N) is 3. The van der Waals surface area contributed by atoms with Crippen LogP contribution in [0.25, 0.3) is 0 Å². The van der Waals surface area contributed by atoms with E-state index in [1.807, 2.05) is 12.1 Å². The second-order valence-corrected chi connectivity index (χ2v) is 8.45. The molecule has 6 nitrogen and oxygen atoms in total. The van der Waals surface area contributed by atoms with Crippen molar-refractivity contribution in [2.75, 3.05) is 20.1 Å². The molecule has 2 aromatic rings. The van der Waals surface area contributed by atoms with E-state index >= 15 is 0 Å². The molecular formula is C19H23N3O3S. The third-order valence-corrected chi connectivity index (χ3v) is 6.42. The fourth-order valence-electron chi connectivity index (χ4n) is 3.10. The molecule has 138 valence electrons. The predicted octanol–water partition coefficient (Wildman–Crippen LogP) is 2.53. The topological polar surface area (TPSA) is 70.6 Å². The van der Waals surface area contributed by atoms with Gasteiger partial charge in [0.15, 0.2) is 0 Å². The Morgan fingerprint density at radius 2 is 1.92 bits per heavy atom. The number of carbonyl (C=O) groups is 1. The van der Waals surface area contributed by atoms with Crippen LogP contribution in [0.15, 0.2) is 53.7 Å². The molecule has 1 fully saturated rings. The van der Waals surface area contributed by atoms with Crippen molar-refractivity contribution in [1.82, 2.24) is 14.2 Å². The molecule has 3 rings (SSSR count). The molecule has 0 unspecified atom stereocenters. The molecule has 0 atom stereocenters. The van der Waals surface area contributed by atoms with Crippen LogP contribution < -0.4 is 0 Å². The lowest BCUT2D eigenvalue weighted by molar-refractivity contribution is 0.0784. The van der Waals surface area contributed by atoms with Gasteiger partial charge in [-0.1, -0.05) is 18.6 Å². The number of piperidine rings is 1. The summed E-state index contributed by atoms with van der Waals surface area (Å²) in [7, 11) is -1.85. The van der Waals surface area contributed by atoms with Crippen molar-refractivity contribution >= 4 is 15.9 Å². The summed E-state index contributed by atoms with van der Waals surface area (Å²) in [6.07, 6.45) is 6.21. The summed E-state index contributed by atoms with van der Waals surface area (Å²) in [5.74, 6) is -0.218. The number of benzene rings is 1. The highest BCUT2D eigenvalue weighted by Gasteiger charge is 2.26. The number of hydrogen-bond acceptors (Lipinski definition) is 4. The summed E-state index contributed by atoms with van der Waals surface area (Å²) in [6.45, 7) is 1.50. The van der Waals surface area contributed by atoms with Crippen LogP contribution in [-0.2, 0) is 16.6 Å². The van der Waals surface area contributed by atoms with E-state index in [2.05, 4.69) is 4.98 Å². The zero-order valence-electron chi connectivity index (χ0n) is 14.8. The van der Waals surface area contributed by atoms with E-state index in [1.54, 1.807) is 42.5 Å². The van der Waals surface area contributed by atoms with Gasteiger partial charge in [-0.25, -0.2) is 8.42 Å². The molecule has 1 aromatic heterocycles. The third kappa shape index (κ3) is 4.11. The number of aromatic nitrogens is 1. The number of amides is 1. The van der Waals surface area contributed by atoms with Crippen molar-refractivity contribution in [3.63, 3.8) is 0 Å². The number of sulfonamides is 1. The molecule has 1 saturated heterocycles. The second-order valence-electron chi connectivity index (χ2n) is 6.52. The lowest BCUT2D eigenvalue weighted by Crippen LogP contribution is -2.35. The van der Waals surface area contributed by atoms with Gasteiger partial charge in [-0.3, -0.25) is 9.78 Å². The summed E-state index contributed by atoms with van der Waals surface area (Å²) in [4.78, 5) is 18.5. The first-order chi connectivity index (χ1) is 12.5. The zero-order chi connectivity index (χ0) is 18.6. The summed E-state index contributed by atoms with van der Waals surface area (Å²) in [5.41, 5.74) is 1.29. The van der Waals surface area contributed by atoms with Crippen molar-refractivity contribution in [3.05, 3.63) is 59.9 Å². The van der Waals surface area contributed by atoms with Crippen LogP contribution in [0.4, 0.5) is 0 Å². The van der Waals surface area contributed by atoms with E-state index in [9.17, 15) is 13.2 Å². The number of carbonyl (C=O) groups excluding carboxylic acids is 1. The van der Waals surface area contributed by atoms with Crippen molar-refractivity contribution in [2.45, 2.75) is 30.7 Å². The molecule has 0 aliphatic carbocycles. The third-order valence-electron chi connectivity index (χ3n) is 4.52. The Hall–Kier alpha value is -2.25. The highest BCUT2D eigenvalue weighted by molar-refractivity contribution is 7.89. The minimum absolute atomic E-state index is 0.181. The molecule has 0 saturated carbocycles. The van der Waals surface area contributed by atoms with Crippen LogP contribution in [0, 0.1) is 0 Å². The van der Waals surface area contributed by atoms with Crippen molar-refractivity contribution in [1.29, 1.82) is 0 Å². The molecule has 7 heteroatoms. The Morgan fingerprint density at radius 1 is 1.15 bits per heavy atom. The first kappa shape index (κ1) is 18.5. The van der Waals surface area contributed by atoms with Gasteiger partial charge in [0.25, 0.3) is 5.91 Å². The first-order valence-electron chi connectivity index (χ1n) is 8.73. The fourth-order valence-corrected chi connectivity index (χ4v) is 4.67. The van der Waals surface area contributed by atoms with Crippen molar-refractivity contribution in [2.24, 2.45) is 0 Å². The normalized spacial score (nSPS) is 15.6. The minimum Gasteiger partial charge on any atom is -0.337 e. The molecule has 0 spiro atoms. The van der Waals surface area contributed by atoms with Gasteiger partial charge in [-0.15, -0.1) is 0 Å². The molecule has 1 aliphatic heterocycles. The quantitative estimate of drug-likeness (QED) is 0.807. The Balaban J connectivity index is 1.79. The molecule has 0 N–H and O–H groups in total. The van der Waals surface area contributed by atoms with E-state index in [1.165, 1.54) is 10.4 Å². The van der Waals surface area contributed by atoms with Gasteiger partial charge >= 0.3 is 0 Å². The Labute approximate surface area is 154 Å². The SMILES string of the molecule is CN(Cc1cccnc1)C(=O)c1cccc(S(=O)(=O)N2CCCCC2)c1. The number of hydrogen-bond donors (Lipinski definition) is 0. The van der Waals surface area contributed by atoms with Gasteiger partial charge in [-0.2, -0.15) is 4.31 Å². The van der Waals surface area contributed by atoms with Crippen LogP contribution in [0.2, 0.25) is 0 Å². The Kier molecular flexibility index (Phi) is 5.68. The van der Waals surface area contributed by atoms with Crippen LogP contribution >= 0.6 is 0 Å². The van der Waals surface area contributed by atoms with Crippen LogP contribution in [0.1, 0.15) is 35.2 Å². The maximum absolute atomic E-state index is 12.8. The van der Waals surface area contributed by atoms with Crippen LogP contribution in [0.3, 0.4) is 0 Å². The number of pyridine rings is 1. The van der Waals surface area contributed by atoms with E-state index in [0.717, 1.165) is 24.8 Å². The lowest BCUT2D eigenvalue weighted by Gasteiger charge is -2.26. The summed E-state index contributed by atoms with van der Waals surface area (Å²) < 4.78 is 27.1. The predicted molar refractivity (Wildman–Crippen MR) is 99.1 cm³/mol. The zero-order valence-corrected chi connectivity index (χ0v) is 15.7. The first-order valence-corrected chi connectivity index (χ1v) is 10.2. The van der Waals surface area contributed by atoms with Gasteiger partial charge in [-0.05, 0) is 42.7 Å². The smallest absolute Gasteiger partial charge is 0.253 e. The standard InChI is InChI=1S/C19H23N3O3S/c1-21(15-16-7-6-10-20-14-16)19(23)17-8-5-9-18(13-17)26(24,25)22-11-3-2-4-12-22/h5-10,13-14H,2-4,11-12,15H2,1H3. The monoisotopic (exact) mass is 373 g/mol. The molecule has 2 heterocycles. The summed E-state index contributed by atoms with van der Waals surface area (Å²) in [6, 6.07) is 10.0.